The van der Waals surface area contributed by atoms with Gasteiger partial charge in [-0.15, -0.1) is 10.2 Å². The maximum atomic E-state index is 6.06. The molecule has 1 aliphatic rings. The minimum Gasteiger partial charge on any atom is -0.368 e. The van der Waals surface area contributed by atoms with Crippen LogP contribution in [-0.4, -0.2) is 16.7 Å². The van der Waals surface area contributed by atoms with Crippen LogP contribution in [0.5, 0.6) is 0 Å². The van der Waals surface area contributed by atoms with Crippen LogP contribution in [0.3, 0.4) is 0 Å². The van der Waals surface area contributed by atoms with Crippen molar-refractivity contribution in [2.24, 2.45) is 0 Å². The summed E-state index contributed by atoms with van der Waals surface area (Å²) >= 11 is 6.06. The second kappa shape index (κ2) is 5.57. The van der Waals surface area contributed by atoms with Gasteiger partial charge in [-0.1, -0.05) is 47.5 Å². The highest BCUT2D eigenvalue weighted by Crippen LogP contribution is 2.26. The van der Waals surface area contributed by atoms with Gasteiger partial charge in [0, 0.05) is 17.3 Å². The molecule has 1 aliphatic carbocycles. The molecule has 0 unspecified atom stereocenters. The van der Waals surface area contributed by atoms with E-state index in [2.05, 4.69) is 21.6 Å². The van der Waals surface area contributed by atoms with Crippen LogP contribution in [0.1, 0.15) is 25.7 Å². The molecule has 2 aromatic rings. The lowest BCUT2D eigenvalue weighted by molar-refractivity contribution is 0.860. The molecule has 19 heavy (non-hydrogen) atoms. The minimum atomic E-state index is 0.458. The second-order valence-electron chi connectivity index (χ2n) is 4.82. The van der Waals surface area contributed by atoms with E-state index in [0.29, 0.717) is 5.15 Å². The first-order valence-electron chi connectivity index (χ1n) is 6.67. The third-order valence-electron chi connectivity index (χ3n) is 3.52. The highest BCUT2D eigenvalue weighted by Gasteiger charge is 2.08. The maximum Gasteiger partial charge on any atom is 0.159 e. The largest absolute Gasteiger partial charge is 0.368 e. The van der Waals surface area contributed by atoms with Crippen LogP contribution in [0.4, 0.5) is 5.82 Å². The molecule has 1 heterocycles. The Labute approximate surface area is 117 Å². The quantitative estimate of drug-likeness (QED) is 0.849. The van der Waals surface area contributed by atoms with E-state index in [0.717, 1.165) is 29.6 Å². The summed E-state index contributed by atoms with van der Waals surface area (Å²) in [6.45, 7) is 0.895. The van der Waals surface area contributed by atoms with Crippen molar-refractivity contribution < 1.29 is 0 Å². The molecule has 4 heteroatoms. The summed E-state index contributed by atoms with van der Waals surface area (Å²) in [6.07, 6.45) is 7.22. The average Bonchev–Trinajstić information content (AvgIpc) is 2.95. The van der Waals surface area contributed by atoms with Gasteiger partial charge >= 0.3 is 0 Å². The highest BCUT2D eigenvalue weighted by atomic mass is 35.5. The standard InChI is InChI=1S/C15H16ClN3/c16-14-12-7-3-4-8-13(12)15(19-18-14)17-10-9-11-5-1-2-6-11/h3-5,7-8H,1-2,6,9-10H2,(H,17,19). The van der Waals surface area contributed by atoms with E-state index in [-0.39, 0.29) is 0 Å². The first-order valence-corrected chi connectivity index (χ1v) is 7.05. The number of nitrogens with one attached hydrogen (secondary N) is 1. The van der Waals surface area contributed by atoms with Gasteiger partial charge in [-0.05, 0) is 25.7 Å². The summed E-state index contributed by atoms with van der Waals surface area (Å²) in [5.74, 6) is 0.818. The van der Waals surface area contributed by atoms with E-state index in [1.165, 1.54) is 19.3 Å². The van der Waals surface area contributed by atoms with E-state index < -0.39 is 0 Å². The fourth-order valence-corrected chi connectivity index (χ4v) is 2.71. The molecule has 0 atom stereocenters. The van der Waals surface area contributed by atoms with E-state index >= 15 is 0 Å². The summed E-state index contributed by atoms with van der Waals surface area (Å²) < 4.78 is 0. The Balaban J connectivity index is 1.75. The van der Waals surface area contributed by atoms with E-state index in [4.69, 9.17) is 11.6 Å². The third kappa shape index (κ3) is 2.71. The van der Waals surface area contributed by atoms with Crippen molar-refractivity contribution in [2.45, 2.75) is 25.7 Å². The summed E-state index contributed by atoms with van der Waals surface area (Å²) in [4.78, 5) is 0. The molecule has 3 rings (SSSR count). The van der Waals surface area contributed by atoms with Crippen LogP contribution in [0, 0.1) is 0 Å². The highest BCUT2D eigenvalue weighted by molar-refractivity contribution is 6.34. The van der Waals surface area contributed by atoms with Crippen molar-refractivity contribution in [3.8, 4) is 0 Å². The van der Waals surface area contributed by atoms with Gasteiger partial charge in [0.2, 0.25) is 0 Å². The minimum absolute atomic E-state index is 0.458. The normalized spacial score (nSPS) is 14.7. The molecule has 0 bridgehead atoms. The van der Waals surface area contributed by atoms with Crippen LogP contribution in [0.15, 0.2) is 35.9 Å². The van der Waals surface area contributed by atoms with Crippen molar-refractivity contribution in [2.75, 3.05) is 11.9 Å². The number of hydrogen-bond donors (Lipinski definition) is 1. The Hall–Kier alpha value is -1.61. The van der Waals surface area contributed by atoms with Gasteiger partial charge in [0.05, 0.1) is 0 Å². The topological polar surface area (TPSA) is 37.8 Å². The van der Waals surface area contributed by atoms with Crippen LogP contribution in [0.25, 0.3) is 10.8 Å². The molecule has 0 amide bonds. The molecule has 98 valence electrons. The average molecular weight is 274 g/mol. The molecule has 1 N–H and O–H groups in total. The maximum absolute atomic E-state index is 6.06. The molecule has 0 saturated carbocycles. The number of allylic oxidation sites excluding steroid dienone is 1. The van der Waals surface area contributed by atoms with Crippen LogP contribution in [-0.2, 0) is 0 Å². The molecular weight excluding hydrogens is 258 g/mol. The van der Waals surface area contributed by atoms with Crippen LogP contribution >= 0.6 is 11.6 Å². The molecule has 0 saturated heterocycles. The Morgan fingerprint density at radius 2 is 2.00 bits per heavy atom. The SMILES string of the molecule is Clc1nnc(NCCC2=CCCC2)c2ccccc12. The zero-order valence-corrected chi connectivity index (χ0v) is 11.5. The predicted molar refractivity (Wildman–Crippen MR) is 79.6 cm³/mol. The molecule has 1 aromatic heterocycles. The van der Waals surface area contributed by atoms with Gasteiger partial charge in [-0.3, -0.25) is 0 Å². The third-order valence-corrected chi connectivity index (χ3v) is 3.80. The smallest absolute Gasteiger partial charge is 0.159 e. The van der Waals surface area contributed by atoms with Crippen LogP contribution < -0.4 is 5.32 Å². The first kappa shape index (κ1) is 12.4. The number of nitrogens with zero attached hydrogens (tertiary/aromatic N) is 2. The predicted octanol–water partition coefficient (Wildman–Crippen LogP) is 4.20. The summed E-state index contributed by atoms with van der Waals surface area (Å²) in [6, 6.07) is 7.94. The molecule has 0 spiro atoms. The second-order valence-corrected chi connectivity index (χ2v) is 5.17. The van der Waals surface area contributed by atoms with Gasteiger partial charge in [0.15, 0.2) is 11.0 Å². The lowest BCUT2D eigenvalue weighted by atomic mass is 10.1. The Morgan fingerprint density at radius 1 is 1.16 bits per heavy atom. The number of aromatic nitrogens is 2. The van der Waals surface area contributed by atoms with Crippen molar-refractivity contribution >= 4 is 28.2 Å². The molecule has 0 fully saturated rings. The van der Waals surface area contributed by atoms with Gasteiger partial charge in [0.25, 0.3) is 0 Å². The van der Waals surface area contributed by atoms with Crippen molar-refractivity contribution in [3.63, 3.8) is 0 Å². The first-order chi connectivity index (χ1) is 9.34. The number of hydrogen-bond acceptors (Lipinski definition) is 3. The number of rotatable bonds is 4. The Morgan fingerprint density at radius 3 is 2.79 bits per heavy atom. The monoisotopic (exact) mass is 273 g/mol. The molecule has 0 radical (unpaired) electrons. The summed E-state index contributed by atoms with van der Waals surface area (Å²) in [5, 5.41) is 14.0. The van der Waals surface area contributed by atoms with Gasteiger partial charge < -0.3 is 5.32 Å². The number of anilines is 1. The molecule has 3 nitrogen and oxygen atoms in total. The molecular formula is C15H16ClN3. The molecule has 0 aliphatic heterocycles. The summed E-state index contributed by atoms with van der Waals surface area (Å²) in [5.41, 5.74) is 1.55. The zero-order valence-electron chi connectivity index (χ0n) is 10.7. The fourth-order valence-electron chi connectivity index (χ4n) is 2.51. The van der Waals surface area contributed by atoms with Gasteiger partial charge in [-0.25, -0.2) is 0 Å². The van der Waals surface area contributed by atoms with E-state index in [1.54, 1.807) is 5.57 Å². The van der Waals surface area contributed by atoms with Crippen LogP contribution in [0.2, 0.25) is 5.15 Å². The zero-order chi connectivity index (χ0) is 13.1. The Kier molecular flexibility index (Phi) is 3.65. The number of halogens is 1. The number of fused-ring (bicyclic) bond motifs is 1. The van der Waals surface area contributed by atoms with E-state index in [9.17, 15) is 0 Å². The lowest BCUT2D eigenvalue weighted by Crippen LogP contribution is -2.05. The van der Waals surface area contributed by atoms with E-state index in [1.807, 2.05) is 24.3 Å². The van der Waals surface area contributed by atoms with Crippen molar-refractivity contribution in [1.82, 2.24) is 10.2 Å². The number of benzene rings is 1. The van der Waals surface area contributed by atoms with Crippen molar-refractivity contribution in [3.05, 3.63) is 41.1 Å². The molecule has 1 aromatic carbocycles. The lowest BCUT2D eigenvalue weighted by Gasteiger charge is -2.09. The fraction of sp³-hybridized carbons (Fsp3) is 0.333. The summed E-state index contributed by atoms with van der Waals surface area (Å²) in [7, 11) is 0. The van der Waals surface area contributed by atoms with Gasteiger partial charge in [-0.2, -0.15) is 0 Å². The van der Waals surface area contributed by atoms with Gasteiger partial charge in [0.1, 0.15) is 0 Å². The van der Waals surface area contributed by atoms with Crippen molar-refractivity contribution in [1.29, 1.82) is 0 Å². The Bertz CT molecular complexity index is 622.